The summed E-state index contributed by atoms with van der Waals surface area (Å²) < 4.78 is 27.7. The summed E-state index contributed by atoms with van der Waals surface area (Å²) in [6.07, 6.45) is 3.47. The number of hydrogen-bond acceptors (Lipinski definition) is 5. The fraction of sp³-hybridized carbons (Fsp3) is 0.478. The standard InChI is InChI=1S/C23H29N3O4S2/c1-17-7-11-25(12-8-17)22(27)18-9-13-26(14-10-18)23(28)19-4-2-5-20(16-19)24-32(29,30)21-6-3-15-31-21/h2-6,15-18,24H,7-14H2,1H3. The van der Waals surface area contributed by atoms with Crippen molar-refractivity contribution in [3.8, 4) is 0 Å². The molecule has 3 heterocycles. The lowest BCUT2D eigenvalue weighted by Crippen LogP contribution is -2.46. The number of piperidine rings is 2. The van der Waals surface area contributed by atoms with Gasteiger partial charge in [-0.05, 0) is 61.2 Å². The molecule has 1 aromatic heterocycles. The Labute approximate surface area is 193 Å². The maximum Gasteiger partial charge on any atom is 0.271 e. The molecule has 0 bridgehead atoms. The molecule has 2 aliphatic rings. The summed E-state index contributed by atoms with van der Waals surface area (Å²) in [4.78, 5) is 29.6. The van der Waals surface area contributed by atoms with Crippen LogP contribution in [0.2, 0.25) is 0 Å². The summed E-state index contributed by atoms with van der Waals surface area (Å²) in [5, 5.41) is 1.70. The smallest absolute Gasteiger partial charge is 0.271 e. The Hall–Kier alpha value is -2.39. The van der Waals surface area contributed by atoms with Gasteiger partial charge in [-0.25, -0.2) is 8.42 Å². The number of carbonyl (C=O) groups is 2. The van der Waals surface area contributed by atoms with Crippen molar-refractivity contribution in [2.75, 3.05) is 30.9 Å². The van der Waals surface area contributed by atoms with E-state index in [9.17, 15) is 18.0 Å². The van der Waals surface area contributed by atoms with Crippen LogP contribution in [0.4, 0.5) is 5.69 Å². The lowest BCUT2D eigenvalue weighted by molar-refractivity contribution is -0.138. The Kier molecular flexibility index (Phi) is 6.85. The van der Waals surface area contributed by atoms with E-state index in [0.29, 0.717) is 43.1 Å². The van der Waals surface area contributed by atoms with E-state index in [4.69, 9.17) is 0 Å². The molecular formula is C23H29N3O4S2. The SMILES string of the molecule is CC1CCN(C(=O)C2CCN(C(=O)c3cccc(NS(=O)(=O)c4cccs4)c3)CC2)CC1. The quantitative estimate of drug-likeness (QED) is 0.715. The highest BCUT2D eigenvalue weighted by atomic mass is 32.2. The highest BCUT2D eigenvalue weighted by molar-refractivity contribution is 7.94. The van der Waals surface area contributed by atoms with Gasteiger partial charge in [-0.2, -0.15) is 0 Å². The number of nitrogens with zero attached hydrogens (tertiary/aromatic N) is 2. The van der Waals surface area contributed by atoms with Crippen molar-refractivity contribution >= 4 is 38.9 Å². The second kappa shape index (κ2) is 9.62. The summed E-state index contributed by atoms with van der Waals surface area (Å²) in [6.45, 7) is 4.98. The van der Waals surface area contributed by atoms with E-state index in [1.807, 2.05) is 4.90 Å². The van der Waals surface area contributed by atoms with Crippen LogP contribution in [0.25, 0.3) is 0 Å². The number of benzene rings is 1. The zero-order chi connectivity index (χ0) is 22.7. The lowest BCUT2D eigenvalue weighted by Gasteiger charge is -2.36. The van der Waals surface area contributed by atoms with Crippen molar-refractivity contribution in [1.82, 2.24) is 9.80 Å². The van der Waals surface area contributed by atoms with Crippen LogP contribution in [-0.2, 0) is 14.8 Å². The normalized spacial score (nSPS) is 18.5. The molecule has 9 heteroatoms. The predicted molar refractivity (Wildman–Crippen MR) is 125 cm³/mol. The molecule has 2 fully saturated rings. The second-order valence-corrected chi connectivity index (χ2v) is 11.5. The third kappa shape index (κ3) is 5.15. The van der Waals surface area contributed by atoms with Gasteiger partial charge < -0.3 is 9.80 Å². The Morgan fingerprint density at radius 2 is 1.66 bits per heavy atom. The van der Waals surface area contributed by atoms with Gasteiger partial charge >= 0.3 is 0 Å². The first-order chi connectivity index (χ1) is 15.3. The van der Waals surface area contributed by atoms with Crippen LogP contribution in [0.1, 0.15) is 43.0 Å². The lowest BCUT2D eigenvalue weighted by atomic mass is 9.92. The van der Waals surface area contributed by atoms with Crippen LogP contribution < -0.4 is 4.72 Å². The van der Waals surface area contributed by atoms with Gasteiger partial charge in [-0.15, -0.1) is 11.3 Å². The van der Waals surface area contributed by atoms with Crippen molar-refractivity contribution in [2.24, 2.45) is 11.8 Å². The molecule has 1 N–H and O–H groups in total. The van der Waals surface area contributed by atoms with Crippen LogP contribution in [-0.4, -0.2) is 56.2 Å². The minimum absolute atomic E-state index is 0.0172. The first-order valence-electron chi connectivity index (χ1n) is 11.1. The van der Waals surface area contributed by atoms with Gasteiger partial charge in [0, 0.05) is 43.3 Å². The molecule has 0 saturated carbocycles. The molecule has 2 aromatic rings. The zero-order valence-electron chi connectivity index (χ0n) is 18.2. The summed E-state index contributed by atoms with van der Waals surface area (Å²) in [6, 6.07) is 9.79. The second-order valence-electron chi connectivity index (χ2n) is 8.69. The van der Waals surface area contributed by atoms with E-state index >= 15 is 0 Å². The molecular weight excluding hydrogens is 446 g/mol. The van der Waals surface area contributed by atoms with Crippen molar-refractivity contribution < 1.29 is 18.0 Å². The van der Waals surface area contributed by atoms with Crippen molar-refractivity contribution in [1.29, 1.82) is 0 Å². The van der Waals surface area contributed by atoms with E-state index < -0.39 is 10.0 Å². The Balaban J connectivity index is 1.35. The number of carbonyl (C=O) groups excluding carboxylic acids is 2. The van der Waals surface area contributed by atoms with Gasteiger partial charge in [0.05, 0.1) is 0 Å². The minimum atomic E-state index is -3.67. The molecule has 7 nitrogen and oxygen atoms in total. The van der Waals surface area contributed by atoms with E-state index in [1.165, 1.54) is 6.07 Å². The van der Waals surface area contributed by atoms with Crippen molar-refractivity contribution in [3.63, 3.8) is 0 Å². The van der Waals surface area contributed by atoms with Gasteiger partial charge in [0.1, 0.15) is 4.21 Å². The Morgan fingerprint density at radius 3 is 2.31 bits per heavy atom. The molecule has 0 radical (unpaired) electrons. The monoisotopic (exact) mass is 475 g/mol. The highest BCUT2D eigenvalue weighted by Gasteiger charge is 2.31. The van der Waals surface area contributed by atoms with E-state index in [1.54, 1.807) is 40.6 Å². The summed E-state index contributed by atoms with van der Waals surface area (Å²) in [5.41, 5.74) is 0.791. The third-order valence-corrected chi connectivity index (χ3v) is 9.13. The van der Waals surface area contributed by atoms with E-state index in [0.717, 1.165) is 37.3 Å². The van der Waals surface area contributed by atoms with Crippen molar-refractivity contribution in [3.05, 3.63) is 47.3 Å². The van der Waals surface area contributed by atoms with Crippen LogP contribution in [0.15, 0.2) is 46.0 Å². The van der Waals surface area contributed by atoms with Gasteiger partial charge in [0.25, 0.3) is 15.9 Å². The van der Waals surface area contributed by atoms with Gasteiger partial charge in [-0.3, -0.25) is 14.3 Å². The molecule has 0 spiro atoms. The van der Waals surface area contributed by atoms with Crippen LogP contribution in [0, 0.1) is 11.8 Å². The average Bonchev–Trinajstić information content (AvgIpc) is 3.35. The van der Waals surface area contributed by atoms with Crippen LogP contribution in [0.5, 0.6) is 0 Å². The first-order valence-corrected chi connectivity index (χ1v) is 13.4. The Morgan fingerprint density at radius 1 is 0.969 bits per heavy atom. The molecule has 2 amide bonds. The van der Waals surface area contributed by atoms with Crippen LogP contribution >= 0.6 is 11.3 Å². The largest absolute Gasteiger partial charge is 0.342 e. The average molecular weight is 476 g/mol. The maximum absolute atomic E-state index is 13.0. The molecule has 2 aliphatic heterocycles. The topological polar surface area (TPSA) is 86.8 Å². The number of anilines is 1. The molecule has 0 atom stereocenters. The number of hydrogen-bond donors (Lipinski definition) is 1. The van der Waals surface area contributed by atoms with Gasteiger partial charge in [-0.1, -0.05) is 19.1 Å². The number of thiophene rings is 1. The molecule has 0 unspecified atom stereocenters. The first kappa shape index (κ1) is 22.8. The molecule has 2 saturated heterocycles. The molecule has 32 heavy (non-hydrogen) atoms. The van der Waals surface area contributed by atoms with Gasteiger partial charge in [0.15, 0.2) is 0 Å². The molecule has 1 aromatic carbocycles. The summed E-state index contributed by atoms with van der Waals surface area (Å²) in [5.74, 6) is 0.759. The fourth-order valence-corrected chi connectivity index (χ4v) is 6.38. The molecule has 4 rings (SSSR count). The number of rotatable bonds is 5. The van der Waals surface area contributed by atoms with E-state index in [-0.39, 0.29) is 21.9 Å². The fourth-order valence-electron chi connectivity index (χ4n) is 4.34. The predicted octanol–water partition coefficient (Wildman–Crippen LogP) is 3.66. The number of amides is 2. The van der Waals surface area contributed by atoms with Crippen LogP contribution in [0.3, 0.4) is 0 Å². The number of nitrogens with one attached hydrogen (secondary N) is 1. The number of likely N-dealkylation sites (tertiary alicyclic amines) is 2. The number of sulfonamides is 1. The van der Waals surface area contributed by atoms with Crippen molar-refractivity contribution in [2.45, 2.75) is 36.8 Å². The Bertz CT molecular complexity index is 1050. The molecule has 0 aliphatic carbocycles. The molecule has 172 valence electrons. The summed E-state index contributed by atoms with van der Waals surface area (Å²) >= 11 is 1.14. The maximum atomic E-state index is 13.0. The zero-order valence-corrected chi connectivity index (χ0v) is 19.8. The van der Waals surface area contributed by atoms with E-state index in [2.05, 4.69) is 11.6 Å². The third-order valence-electron chi connectivity index (χ3n) is 6.35. The minimum Gasteiger partial charge on any atom is -0.342 e. The highest BCUT2D eigenvalue weighted by Crippen LogP contribution is 2.25. The summed E-state index contributed by atoms with van der Waals surface area (Å²) in [7, 11) is -3.67. The van der Waals surface area contributed by atoms with Gasteiger partial charge in [0.2, 0.25) is 5.91 Å².